The molecule has 4 N–H and O–H groups in total. The second-order valence-corrected chi connectivity index (χ2v) is 9.26. The quantitative estimate of drug-likeness (QED) is 0.253. The number of pyridine rings is 1. The monoisotopic (exact) mass is 487 g/mol. The van der Waals surface area contributed by atoms with E-state index < -0.39 is 16.1 Å². The highest BCUT2D eigenvalue weighted by Crippen LogP contribution is 2.24. The van der Waals surface area contributed by atoms with E-state index in [-0.39, 0.29) is 11.4 Å². The van der Waals surface area contributed by atoms with Crippen LogP contribution < -0.4 is 14.8 Å². The molecule has 2 heterocycles. The number of aliphatic hydroxyl groups is 1. The van der Waals surface area contributed by atoms with E-state index in [1.54, 1.807) is 36.4 Å². The zero-order chi connectivity index (χ0) is 23.3. The van der Waals surface area contributed by atoms with E-state index in [0.717, 1.165) is 10.9 Å². The molecule has 0 bridgehead atoms. The third-order valence-electron chi connectivity index (χ3n) is 4.83. The molecule has 0 fully saturated rings. The summed E-state index contributed by atoms with van der Waals surface area (Å²) >= 11 is 5.99. The van der Waals surface area contributed by atoms with Crippen LogP contribution in [0.5, 0.6) is 5.75 Å². The zero-order valence-corrected chi connectivity index (χ0v) is 19.0. The fourth-order valence-electron chi connectivity index (χ4n) is 3.18. The molecule has 0 radical (unpaired) electrons. The molecule has 2 aromatic heterocycles. The molecule has 9 nitrogen and oxygen atoms in total. The molecule has 0 aliphatic carbocycles. The van der Waals surface area contributed by atoms with Gasteiger partial charge in [-0.2, -0.15) is 5.10 Å². The van der Waals surface area contributed by atoms with Crippen molar-refractivity contribution in [3.63, 3.8) is 0 Å². The van der Waals surface area contributed by atoms with Gasteiger partial charge in [-0.1, -0.05) is 23.7 Å². The van der Waals surface area contributed by atoms with Gasteiger partial charge >= 0.3 is 0 Å². The van der Waals surface area contributed by atoms with Crippen LogP contribution in [0.25, 0.3) is 10.9 Å². The fraction of sp³-hybridized carbons (Fsp3) is 0.182. The molecule has 0 aliphatic heterocycles. The number of ether oxygens (including phenoxy) is 1. The van der Waals surface area contributed by atoms with Gasteiger partial charge in [-0.05, 0) is 42.0 Å². The maximum atomic E-state index is 12.5. The van der Waals surface area contributed by atoms with E-state index in [0.29, 0.717) is 35.3 Å². The molecule has 33 heavy (non-hydrogen) atoms. The highest BCUT2D eigenvalue weighted by Gasteiger charge is 2.15. The number of hydrogen-bond donors (Lipinski definition) is 4. The molecule has 1 atom stereocenters. The summed E-state index contributed by atoms with van der Waals surface area (Å²) in [6, 6.07) is 15.1. The van der Waals surface area contributed by atoms with Crippen molar-refractivity contribution in [1.82, 2.24) is 20.5 Å². The van der Waals surface area contributed by atoms with E-state index in [1.807, 2.05) is 12.1 Å². The van der Waals surface area contributed by atoms with Gasteiger partial charge in [-0.15, -0.1) is 0 Å². The van der Waals surface area contributed by atoms with Gasteiger partial charge in [0, 0.05) is 42.6 Å². The first-order chi connectivity index (χ1) is 15.9. The number of aliphatic hydroxyl groups excluding tert-OH is 1. The maximum Gasteiger partial charge on any atom is 0.263 e. The molecule has 4 aromatic rings. The number of hydrogen-bond acceptors (Lipinski definition) is 7. The standard InChI is InChI=1S/C22H22ClN5O4S/c23-22-19-7-6-17(12-20(19)26-27-22)32-10-9-25-14-21(29)15-3-1-4-16(11-15)28-33(30,31)18-5-2-8-24-13-18/h1-8,11-13,21,25,28-29H,9-10,14H2,(H,26,27)/t21-/m0/s1. The van der Waals surface area contributed by atoms with Crippen molar-refractivity contribution >= 4 is 38.2 Å². The van der Waals surface area contributed by atoms with Crippen LogP contribution in [-0.2, 0) is 10.0 Å². The van der Waals surface area contributed by atoms with Crippen molar-refractivity contribution in [2.45, 2.75) is 11.0 Å². The van der Waals surface area contributed by atoms with Crippen molar-refractivity contribution in [1.29, 1.82) is 0 Å². The van der Waals surface area contributed by atoms with Gasteiger partial charge in [0.05, 0.1) is 11.6 Å². The number of nitrogens with one attached hydrogen (secondary N) is 3. The van der Waals surface area contributed by atoms with E-state index >= 15 is 0 Å². The number of H-pyrrole nitrogens is 1. The molecule has 172 valence electrons. The van der Waals surface area contributed by atoms with E-state index in [1.165, 1.54) is 18.5 Å². The average molecular weight is 488 g/mol. The largest absolute Gasteiger partial charge is 0.492 e. The lowest BCUT2D eigenvalue weighted by Crippen LogP contribution is -2.26. The number of anilines is 1. The Morgan fingerprint density at radius 2 is 2.03 bits per heavy atom. The van der Waals surface area contributed by atoms with Gasteiger partial charge in [0.1, 0.15) is 22.4 Å². The van der Waals surface area contributed by atoms with E-state index in [9.17, 15) is 13.5 Å². The number of benzene rings is 2. The molecule has 0 saturated heterocycles. The van der Waals surface area contributed by atoms with Crippen molar-refractivity contribution in [2.24, 2.45) is 0 Å². The first-order valence-electron chi connectivity index (χ1n) is 10.1. The Morgan fingerprint density at radius 1 is 1.15 bits per heavy atom. The van der Waals surface area contributed by atoms with Gasteiger partial charge in [-0.25, -0.2) is 8.42 Å². The Kier molecular flexibility index (Phi) is 7.09. The van der Waals surface area contributed by atoms with Crippen molar-refractivity contribution in [3.05, 3.63) is 77.7 Å². The third-order valence-corrected chi connectivity index (χ3v) is 6.49. The third kappa shape index (κ3) is 5.79. The number of aromatic amines is 1. The minimum atomic E-state index is -3.76. The highest BCUT2D eigenvalue weighted by atomic mass is 35.5. The molecule has 0 aliphatic rings. The topological polar surface area (TPSA) is 129 Å². The fourth-order valence-corrected chi connectivity index (χ4v) is 4.39. The van der Waals surface area contributed by atoms with Gasteiger partial charge in [-0.3, -0.25) is 14.8 Å². The van der Waals surface area contributed by atoms with E-state index in [4.69, 9.17) is 16.3 Å². The summed E-state index contributed by atoms with van der Waals surface area (Å²) in [7, 11) is -3.76. The zero-order valence-electron chi connectivity index (χ0n) is 17.4. The normalized spacial score (nSPS) is 12.5. The Bertz CT molecular complexity index is 1330. The second-order valence-electron chi connectivity index (χ2n) is 7.20. The first-order valence-corrected chi connectivity index (χ1v) is 12.0. The van der Waals surface area contributed by atoms with Crippen LogP contribution in [0.4, 0.5) is 5.69 Å². The summed E-state index contributed by atoms with van der Waals surface area (Å²) in [6.45, 7) is 1.17. The molecular formula is C22H22ClN5O4S. The SMILES string of the molecule is O=S(=O)(Nc1cccc([C@@H](O)CNCCOc2ccc3c(Cl)[nH]nc3c2)c1)c1cccnc1. The number of halogens is 1. The summed E-state index contributed by atoms with van der Waals surface area (Å²) in [5.74, 6) is 0.668. The predicted octanol–water partition coefficient (Wildman–Crippen LogP) is 3.11. The minimum Gasteiger partial charge on any atom is -0.492 e. The number of sulfonamides is 1. The first kappa shape index (κ1) is 23.0. The molecule has 0 amide bonds. The van der Waals surface area contributed by atoms with Crippen molar-refractivity contribution in [3.8, 4) is 5.75 Å². The van der Waals surface area contributed by atoms with Gasteiger partial charge in [0.25, 0.3) is 10.0 Å². The molecule has 0 saturated carbocycles. The predicted molar refractivity (Wildman–Crippen MR) is 126 cm³/mol. The molecule has 11 heteroatoms. The lowest BCUT2D eigenvalue weighted by molar-refractivity contribution is 0.172. The summed E-state index contributed by atoms with van der Waals surface area (Å²) in [4.78, 5) is 3.90. The summed E-state index contributed by atoms with van der Waals surface area (Å²) < 4.78 is 33.1. The van der Waals surface area contributed by atoms with Gasteiger partial charge in [0.15, 0.2) is 0 Å². The summed E-state index contributed by atoms with van der Waals surface area (Å²) in [5.41, 5.74) is 1.66. The number of fused-ring (bicyclic) bond motifs is 1. The van der Waals surface area contributed by atoms with Crippen LogP contribution in [0, 0.1) is 0 Å². The smallest absolute Gasteiger partial charge is 0.263 e. The molecular weight excluding hydrogens is 466 g/mol. The van der Waals surface area contributed by atoms with Crippen molar-refractivity contribution < 1.29 is 18.3 Å². The van der Waals surface area contributed by atoms with Crippen LogP contribution in [-0.4, -0.2) is 48.4 Å². The van der Waals surface area contributed by atoms with Crippen LogP contribution >= 0.6 is 11.6 Å². The lowest BCUT2D eigenvalue weighted by Gasteiger charge is -2.14. The molecule has 2 aromatic carbocycles. The maximum absolute atomic E-state index is 12.5. The molecule has 4 rings (SSSR count). The van der Waals surface area contributed by atoms with Crippen molar-refractivity contribution in [2.75, 3.05) is 24.4 Å². The minimum absolute atomic E-state index is 0.0622. The average Bonchev–Trinajstić information content (AvgIpc) is 3.19. The van der Waals surface area contributed by atoms with Crippen LogP contribution in [0.15, 0.2) is 71.9 Å². The summed E-state index contributed by atoms with van der Waals surface area (Å²) in [6.07, 6.45) is 1.95. The Balaban J connectivity index is 1.26. The van der Waals surface area contributed by atoms with Crippen LogP contribution in [0.2, 0.25) is 5.15 Å². The van der Waals surface area contributed by atoms with Crippen LogP contribution in [0.1, 0.15) is 11.7 Å². The van der Waals surface area contributed by atoms with E-state index in [2.05, 4.69) is 25.2 Å². The van der Waals surface area contributed by atoms with Crippen LogP contribution in [0.3, 0.4) is 0 Å². The second kappa shape index (κ2) is 10.2. The molecule has 0 unspecified atom stereocenters. The number of nitrogens with zero attached hydrogens (tertiary/aromatic N) is 2. The number of rotatable bonds is 10. The summed E-state index contributed by atoms with van der Waals surface area (Å²) in [5, 5.41) is 21.7. The van der Waals surface area contributed by atoms with Gasteiger partial charge in [0.2, 0.25) is 0 Å². The number of aromatic nitrogens is 3. The Labute approximate surface area is 195 Å². The van der Waals surface area contributed by atoms with Gasteiger partial charge < -0.3 is 15.2 Å². The Morgan fingerprint density at radius 3 is 2.85 bits per heavy atom. The Hall–Kier alpha value is -3.18. The lowest BCUT2D eigenvalue weighted by atomic mass is 10.1. The molecule has 0 spiro atoms. The highest BCUT2D eigenvalue weighted by molar-refractivity contribution is 7.92.